The molecule has 144 valence electrons. The Balaban J connectivity index is 1.37. The second-order valence-electron chi connectivity index (χ2n) is 7.53. The van der Waals surface area contributed by atoms with Gasteiger partial charge < -0.3 is 5.32 Å². The molecule has 0 spiro atoms. The zero-order chi connectivity index (χ0) is 19.1. The zero-order valence-electron chi connectivity index (χ0n) is 15.4. The Bertz CT molecular complexity index is 1140. The molecule has 0 saturated carbocycles. The van der Waals surface area contributed by atoms with E-state index in [4.69, 9.17) is 0 Å². The third kappa shape index (κ3) is 3.31. The van der Waals surface area contributed by atoms with Crippen LogP contribution < -0.4 is 5.32 Å². The van der Waals surface area contributed by atoms with E-state index in [9.17, 15) is 4.39 Å². The summed E-state index contributed by atoms with van der Waals surface area (Å²) in [5.74, 6) is 0.782. The van der Waals surface area contributed by atoms with Gasteiger partial charge in [0.2, 0.25) is 0 Å². The highest BCUT2D eigenvalue weighted by atomic mass is 32.1. The lowest BCUT2D eigenvalue weighted by atomic mass is 9.97. The molecule has 1 aliphatic rings. The molecule has 0 bridgehead atoms. The van der Waals surface area contributed by atoms with Gasteiger partial charge in [-0.3, -0.25) is 15.0 Å². The van der Waals surface area contributed by atoms with Crippen LogP contribution in [0.1, 0.15) is 25.5 Å². The SMILES string of the molecule is CC1(F)CCCN(Cc2nsc3cc(Nc4[nH]nc5ncccc45)cnc23)C1. The smallest absolute Gasteiger partial charge is 0.183 e. The number of fused-ring (bicyclic) bond motifs is 2. The van der Waals surface area contributed by atoms with Gasteiger partial charge in [0.25, 0.3) is 0 Å². The van der Waals surface area contributed by atoms with E-state index in [1.54, 1.807) is 19.3 Å². The van der Waals surface area contributed by atoms with Crippen molar-refractivity contribution in [1.82, 2.24) is 29.4 Å². The van der Waals surface area contributed by atoms with Crippen LogP contribution in [0.3, 0.4) is 0 Å². The van der Waals surface area contributed by atoms with Crippen molar-refractivity contribution in [2.24, 2.45) is 0 Å². The number of hydrogen-bond donors (Lipinski definition) is 2. The third-order valence-corrected chi connectivity index (χ3v) is 5.90. The molecule has 1 unspecified atom stereocenters. The van der Waals surface area contributed by atoms with Crippen molar-refractivity contribution < 1.29 is 4.39 Å². The molecule has 4 aromatic heterocycles. The van der Waals surface area contributed by atoms with Gasteiger partial charge in [0, 0.05) is 19.3 Å². The van der Waals surface area contributed by atoms with Crippen LogP contribution in [-0.4, -0.2) is 48.2 Å². The van der Waals surface area contributed by atoms with Crippen LogP contribution in [0, 0.1) is 0 Å². The Labute approximate surface area is 165 Å². The van der Waals surface area contributed by atoms with Crippen molar-refractivity contribution >= 4 is 44.3 Å². The Morgan fingerprint density at radius 2 is 2.32 bits per heavy atom. The minimum Gasteiger partial charge on any atom is -0.339 e. The summed E-state index contributed by atoms with van der Waals surface area (Å²) in [6.07, 6.45) is 5.02. The van der Waals surface area contributed by atoms with Crippen LogP contribution in [-0.2, 0) is 6.54 Å². The molecule has 0 radical (unpaired) electrons. The molecular formula is C19H20FN7S. The third-order valence-electron chi connectivity index (χ3n) is 5.08. The van der Waals surface area contributed by atoms with Gasteiger partial charge >= 0.3 is 0 Å². The van der Waals surface area contributed by atoms with E-state index in [-0.39, 0.29) is 0 Å². The first-order chi connectivity index (χ1) is 13.6. The maximum Gasteiger partial charge on any atom is 0.183 e. The van der Waals surface area contributed by atoms with Crippen molar-refractivity contribution in [3.05, 3.63) is 36.3 Å². The number of nitrogens with one attached hydrogen (secondary N) is 2. The average Bonchev–Trinajstić information content (AvgIpc) is 3.26. The predicted octanol–water partition coefficient (Wildman–Crippen LogP) is 4.03. The van der Waals surface area contributed by atoms with Crippen LogP contribution in [0.25, 0.3) is 21.3 Å². The minimum atomic E-state index is -1.11. The van der Waals surface area contributed by atoms with Crippen LogP contribution in [0.5, 0.6) is 0 Å². The van der Waals surface area contributed by atoms with Crippen molar-refractivity contribution in [3.63, 3.8) is 0 Å². The number of nitrogens with zero attached hydrogens (tertiary/aromatic N) is 5. The summed E-state index contributed by atoms with van der Waals surface area (Å²) in [5, 5.41) is 11.4. The highest BCUT2D eigenvalue weighted by Crippen LogP contribution is 2.30. The number of alkyl halides is 1. The summed E-state index contributed by atoms with van der Waals surface area (Å²) in [4.78, 5) is 11.0. The summed E-state index contributed by atoms with van der Waals surface area (Å²) < 4.78 is 19.9. The van der Waals surface area contributed by atoms with Gasteiger partial charge in [-0.25, -0.2) is 9.37 Å². The standard InChI is InChI=1S/C19H20FN7S/c1-19(20)5-3-7-27(11-19)10-14-16-15(28-26-14)8-12(9-22-16)23-18-13-4-2-6-21-17(13)24-25-18/h2,4,6,8-9H,3,5,7,10-11H2,1H3,(H2,21,23,24,25). The van der Waals surface area contributed by atoms with Gasteiger partial charge in [0.1, 0.15) is 17.0 Å². The number of hydrogen-bond acceptors (Lipinski definition) is 7. The monoisotopic (exact) mass is 397 g/mol. The molecule has 0 amide bonds. The lowest BCUT2D eigenvalue weighted by Gasteiger charge is -2.34. The van der Waals surface area contributed by atoms with Crippen LogP contribution in [0.15, 0.2) is 30.6 Å². The first-order valence-electron chi connectivity index (χ1n) is 9.29. The van der Waals surface area contributed by atoms with E-state index in [1.807, 2.05) is 18.2 Å². The van der Waals surface area contributed by atoms with E-state index in [0.717, 1.165) is 45.8 Å². The molecule has 9 heteroatoms. The summed E-state index contributed by atoms with van der Waals surface area (Å²) >= 11 is 1.42. The predicted molar refractivity (Wildman–Crippen MR) is 109 cm³/mol. The number of aromatic amines is 1. The molecule has 28 heavy (non-hydrogen) atoms. The minimum absolute atomic E-state index is 0.451. The van der Waals surface area contributed by atoms with Gasteiger partial charge in [-0.15, -0.1) is 0 Å². The number of pyridine rings is 2. The molecule has 1 aliphatic heterocycles. The molecule has 2 N–H and O–H groups in total. The molecule has 7 nitrogen and oxygen atoms in total. The van der Waals surface area contributed by atoms with Crippen molar-refractivity contribution in [2.45, 2.75) is 32.0 Å². The molecule has 5 heterocycles. The topological polar surface area (TPSA) is 82.6 Å². The number of halogens is 1. The quantitative estimate of drug-likeness (QED) is 0.541. The second-order valence-corrected chi connectivity index (χ2v) is 8.33. The van der Waals surface area contributed by atoms with Crippen LogP contribution in [0.4, 0.5) is 15.9 Å². The summed E-state index contributed by atoms with van der Waals surface area (Å²) in [7, 11) is 0. The first-order valence-corrected chi connectivity index (χ1v) is 10.1. The highest BCUT2D eigenvalue weighted by Gasteiger charge is 2.31. The maximum atomic E-state index is 14.3. The van der Waals surface area contributed by atoms with E-state index < -0.39 is 5.67 Å². The number of anilines is 2. The van der Waals surface area contributed by atoms with Crippen molar-refractivity contribution in [1.29, 1.82) is 0 Å². The average molecular weight is 397 g/mol. The lowest BCUT2D eigenvalue weighted by Crippen LogP contribution is -2.42. The summed E-state index contributed by atoms with van der Waals surface area (Å²) in [6.45, 7) is 3.67. The second kappa shape index (κ2) is 6.75. The molecule has 1 saturated heterocycles. The van der Waals surface area contributed by atoms with Crippen molar-refractivity contribution in [2.75, 3.05) is 18.4 Å². The molecule has 0 aliphatic carbocycles. The Morgan fingerprint density at radius 3 is 3.21 bits per heavy atom. The fraction of sp³-hybridized carbons (Fsp3) is 0.368. The Hall–Kier alpha value is -2.65. The Kier molecular flexibility index (Phi) is 4.21. The van der Waals surface area contributed by atoms with E-state index in [1.165, 1.54) is 11.5 Å². The largest absolute Gasteiger partial charge is 0.339 e. The van der Waals surface area contributed by atoms with Gasteiger partial charge in [-0.05, 0) is 56.0 Å². The molecular weight excluding hydrogens is 377 g/mol. The number of aromatic nitrogens is 5. The van der Waals surface area contributed by atoms with E-state index in [2.05, 4.69) is 34.8 Å². The lowest BCUT2D eigenvalue weighted by molar-refractivity contribution is 0.0560. The van der Waals surface area contributed by atoms with Crippen LogP contribution in [0.2, 0.25) is 0 Å². The molecule has 0 aromatic carbocycles. The van der Waals surface area contributed by atoms with Gasteiger partial charge in [-0.1, -0.05) is 0 Å². The summed E-state index contributed by atoms with van der Waals surface area (Å²) in [6, 6.07) is 5.87. The van der Waals surface area contributed by atoms with Crippen molar-refractivity contribution in [3.8, 4) is 0 Å². The molecule has 5 rings (SSSR count). The van der Waals surface area contributed by atoms with E-state index in [0.29, 0.717) is 25.2 Å². The Morgan fingerprint density at radius 1 is 1.39 bits per heavy atom. The maximum absolute atomic E-state index is 14.3. The number of likely N-dealkylation sites (tertiary alicyclic amines) is 1. The van der Waals surface area contributed by atoms with Gasteiger partial charge in [0.05, 0.1) is 27.7 Å². The number of H-pyrrole nitrogens is 1. The normalized spacial score (nSPS) is 20.8. The number of rotatable bonds is 4. The van der Waals surface area contributed by atoms with Crippen LogP contribution >= 0.6 is 11.5 Å². The molecule has 4 aromatic rings. The molecule has 1 atom stereocenters. The summed E-state index contributed by atoms with van der Waals surface area (Å²) in [5.41, 5.74) is 2.21. The van der Waals surface area contributed by atoms with Gasteiger partial charge in [-0.2, -0.15) is 9.47 Å². The highest BCUT2D eigenvalue weighted by molar-refractivity contribution is 7.13. The molecule has 1 fully saturated rings. The fourth-order valence-corrected chi connectivity index (χ4v) is 4.57. The first kappa shape index (κ1) is 17.4. The number of piperidine rings is 1. The van der Waals surface area contributed by atoms with Gasteiger partial charge in [0.15, 0.2) is 5.65 Å². The van der Waals surface area contributed by atoms with E-state index >= 15 is 0 Å². The fourth-order valence-electron chi connectivity index (χ4n) is 3.78. The zero-order valence-corrected chi connectivity index (χ0v) is 16.3.